The van der Waals surface area contributed by atoms with Crippen LogP contribution in [0.5, 0.6) is 5.75 Å². The lowest BCUT2D eigenvalue weighted by atomic mass is 10.0. The minimum absolute atomic E-state index is 0.214. The maximum Gasteiger partial charge on any atom is 0.350 e. The Morgan fingerprint density at radius 2 is 2.10 bits per heavy atom. The summed E-state index contributed by atoms with van der Waals surface area (Å²) in [6.07, 6.45) is 0. The van der Waals surface area contributed by atoms with Gasteiger partial charge >= 0.3 is 5.97 Å². The van der Waals surface area contributed by atoms with E-state index in [0.717, 1.165) is 21.1 Å². The van der Waals surface area contributed by atoms with Crippen molar-refractivity contribution in [3.05, 3.63) is 21.9 Å². The minimum atomic E-state index is -0.358. The molecule has 2 aromatic rings. The number of anilines is 1. The Balaban J connectivity index is 2.60. The van der Waals surface area contributed by atoms with Crippen LogP contribution in [0, 0.1) is 0 Å². The van der Waals surface area contributed by atoms with Crippen LogP contribution < -0.4 is 10.5 Å². The zero-order chi connectivity index (χ0) is 15.6. The van der Waals surface area contributed by atoms with Crippen LogP contribution in [0.4, 0.5) is 5.69 Å². The minimum Gasteiger partial charge on any atom is -0.495 e. The van der Waals surface area contributed by atoms with Crippen LogP contribution in [-0.4, -0.2) is 19.7 Å². The molecule has 0 aliphatic carbocycles. The molecular formula is C15H19NO3S2. The zero-order valence-electron chi connectivity index (χ0n) is 12.6. The standard InChI is InChI=1S/C15H19NO3S2/c1-5-19-15(17)14-11(16)10(8(2)3)13(21-14)12-9(18-4)6-7-20-12/h6-8H,5,16H2,1-4H3. The van der Waals surface area contributed by atoms with Crippen molar-refractivity contribution in [3.63, 3.8) is 0 Å². The Bertz CT molecular complexity index is 643. The number of esters is 1. The molecule has 4 nitrogen and oxygen atoms in total. The first-order valence-corrected chi connectivity index (χ1v) is 8.41. The summed E-state index contributed by atoms with van der Waals surface area (Å²) in [4.78, 5) is 14.5. The molecule has 0 spiro atoms. The maximum absolute atomic E-state index is 12.1. The summed E-state index contributed by atoms with van der Waals surface area (Å²) in [5.41, 5.74) is 7.72. The quantitative estimate of drug-likeness (QED) is 0.829. The van der Waals surface area contributed by atoms with Crippen molar-refractivity contribution in [3.8, 4) is 15.5 Å². The lowest BCUT2D eigenvalue weighted by Crippen LogP contribution is -2.06. The second-order valence-electron chi connectivity index (χ2n) is 4.78. The second kappa shape index (κ2) is 6.49. The van der Waals surface area contributed by atoms with Gasteiger partial charge in [-0.05, 0) is 29.9 Å². The molecule has 0 fully saturated rings. The van der Waals surface area contributed by atoms with Crippen LogP contribution in [0.25, 0.3) is 9.75 Å². The highest BCUT2D eigenvalue weighted by Crippen LogP contribution is 2.47. The Labute approximate surface area is 132 Å². The molecule has 21 heavy (non-hydrogen) atoms. The predicted molar refractivity (Wildman–Crippen MR) is 88.6 cm³/mol. The molecule has 2 aromatic heterocycles. The van der Waals surface area contributed by atoms with E-state index in [1.807, 2.05) is 11.4 Å². The molecular weight excluding hydrogens is 306 g/mol. The average Bonchev–Trinajstić information content (AvgIpc) is 3.02. The largest absolute Gasteiger partial charge is 0.495 e. The van der Waals surface area contributed by atoms with Gasteiger partial charge in [-0.2, -0.15) is 0 Å². The SMILES string of the molecule is CCOC(=O)c1sc(-c2sccc2OC)c(C(C)C)c1N. The number of hydrogen-bond donors (Lipinski definition) is 1. The third-order valence-corrected chi connectivity index (χ3v) is 5.34. The highest BCUT2D eigenvalue weighted by Gasteiger charge is 2.26. The van der Waals surface area contributed by atoms with Crippen LogP contribution in [0.3, 0.4) is 0 Å². The van der Waals surface area contributed by atoms with Gasteiger partial charge in [0.2, 0.25) is 0 Å². The third kappa shape index (κ3) is 2.91. The molecule has 114 valence electrons. The van der Waals surface area contributed by atoms with Crippen LogP contribution in [0.15, 0.2) is 11.4 Å². The van der Waals surface area contributed by atoms with E-state index in [1.54, 1.807) is 25.4 Å². The van der Waals surface area contributed by atoms with Crippen molar-refractivity contribution in [2.75, 3.05) is 19.5 Å². The van der Waals surface area contributed by atoms with Gasteiger partial charge in [0.05, 0.1) is 29.2 Å². The summed E-state index contributed by atoms with van der Waals surface area (Å²) in [6, 6.07) is 1.92. The van der Waals surface area contributed by atoms with Gasteiger partial charge in [0, 0.05) is 0 Å². The van der Waals surface area contributed by atoms with E-state index in [0.29, 0.717) is 17.2 Å². The van der Waals surface area contributed by atoms with Crippen molar-refractivity contribution < 1.29 is 14.3 Å². The summed E-state index contributed by atoms with van der Waals surface area (Å²) in [6.45, 7) is 6.26. The molecule has 0 aromatic carbocycles. The fourth-order valence-corrected chi connectivity index (χ4v) is 4.47. The number of methoxy groups -OCH3 is 1. The van der Waals surface area contributed by atoms with Crippen molar-refractivity contribution >= 4 is 34.3 Å². The molecule has 0 aliphatic heterocycles. The van der Waals surface area contributed by atoms with Crippen molar-refractivity contribution in [1.82, 2.24) is 0 Å². The number of carbonyl (C=O) groups is 1. The van der Waals surface area contributed by atoms with E-state index in [2.05, 4.69) is 13.8 Å². The summed E-state index contributed by atoms with van der Waals surface area (Å²) >= 11 is 2.96. The van der Waals surface area contributed by atoms with Gasteiger partial charge in [0.25, 0.3) is 0 Å². The van der Waals surface area contributed by atoms with Gasteiger partial charge < -0.3 is 15.2 Å². The Kier molecular flexibility index (Phi) is 4.90. The van der Waals surface area contributed by atoms with Gasteiger partial charge in [0.15, 0.2) is 0 Å². The first-order valence-electron chi connectivity index (χ1n) is 6.72. The molecule has 0 bridgehead atoms. The number of thiophene rings is 2. The van der Waals surface area contributed by atoms with Crippen LogP contribution in [-0.2, 0) is 4.74 Å². The molecule has 2 heterocycles. The van der Waals surface area contributed by atoms with Gasteiger partial charge in [-0.1, -0.05) is 13.8 Å². The zero-order valence-corrected chi connectivity index (χ0v) is 14.2. The van der Waals surface area contributed by atoms with Gasteiger partial charge in [-0.3, -0.25) is 0 Å². The smallest absolute Gasteiger partial charge is 0.350 e. The van der Waals surface area contributed by atoms with Gasteiger partial charge in [0.1, 0.15) is 10.6 Å². The highest BCUT2D eigenvalue weighted by molar-refractivity contribution is 7.23. The number of nitrogen functional groups attached to an aromatic ring is 1. The van der Waals surface area contributed by atoms with Crippen molar-refractivity contribution in [2.45, 2.75) is 26.7 Å². The summed E-state index contributed by atoms with van der Waals surface area (Å²) in [5.74, 6) is 0.661. The number of ether oxygens (including phenoxy) is 2. The first kappa shape index (κ1) is 15.9. The van der Waals surface area contributed by atoms with E-state index >= 15 is 0 Å². The lowest BCUT2D eigenvalue weighted by molar-refractivity contribution is 0.0533. The number of carbonyl (C=O) groups excluding carboxylic acids is 1. The van der Waals surface area contributed by atoms with Gasteiger partial charge in [-0.25, -0.2) is 4.79 Å². The Morgan fingerprint density at radius 3 is 2.67 bits per heavy atom. The Morgan fingerprint density at radius 1 is 1.38 bits per heavy atom. The topological polar surface area (TPSA) is 61.5 Å². The van der Waals surface area contributed by atoms with Crippen LogP contribution in [0.2, 0.25) is 0 Å². The van der Waals surface area contributed by atoms with Crippen molar-refractivity contribution in [2.24, 2.45) is 0 Å². The number of rotatable bonds is 5. The molecule has 0 unspecified atom stereocenters. The molecule has 0 atom stereocenters. The Hall–Kier alpha value is -1.53. The fraction of sp³-hybridized carbons (Fsp3) is 0.400. The van der Waals surface area contributed by atoms with Crippen LogP contribution >= 0.6 is 22.7 Å². The molecule has 0 saturated heterocycles. The van der Waals surface area contributed by atoms with Gasteiger partial charge in [-0.15, -0.1) is 22.7 Å². The molecule has 2 N–H and O–H groups in total. The monoisotopic (exact) mass is 325 g/mol. The van der Waals surface area contributed by atoms with E-state index in [9.17, 15) is 4.79 Å². The third-order valence-electron chi connectivity index (χ3n) is 3.08. The van der Waals surface area contributed by atoms with Crippen LogP contribution in [0.1, 0.15) is 41.9 Å². The van der Waals surface area contributed by atoms with E-state index in [4.69, 9.17) is 15.2 Å². The highest BCUT2D eigenvalue weighted by atomic mass is 32.1. The second-order valence-corrected chi connectivity index (χ2v) is 6.72. The molecule has 0 amide bonds. The van der Waals surface area contributed by atoms with Crippen molar-refractivity contribution in [1.29, 1.82) is 0 Å². The molecule has 6 heteroatoms. The first-order chi connectivity index (χ1) is 10.0. The predicted octanol–water partition coefficient (Wildman–Crippen LogP) is 4.37. The number of nitrogens with two attached hydrogens (primary N) is 1. The maximum atomic E-state index is 12.1. The summed E-state index contributed by atoms with van der Waals surface area (Å²) in [7, 11) is 1.64. The number of hydrogen-bond acceptors (Lipinski definition) is 6. The lowest BCUT2D eigenvalue weighted by Gasteiger charge is -2.09. The molecule has 0 radical (unpaired) electrons. The fourth-order valence-electron chi connectivity index (χ4n) is 2.17. The van der Waals surface area contributed by atoms with E-state index in [1.165, 1.54) is 11.3 Å². The van der Waals surface area contributed by atoms with E-state index < -0.39 is 0 Å². The summed E-state index contributed by atoms with van der Waals surface area (Å²) in [5, 5.41) is 1.97. The normalized spacial score (nSPS) is 10.9. The average molecular weight is 325 g/mol. The van der Waals surface area contributed by atoms with E-state index in [-0.39, 0.29) is 11.9 Å². The summed E-state index contributed by atoms with van der Waals surface area (Å²) < 4.78 is 10.5. The molecule has 0 saturated carbocycles. The molecule has 2 rings (SSSR count). The molecule has 0 aliphatic rings.